The molecule has 0 saturated carbocycles. The van der Waals surface area contributed by atoms with E-state index in [1.165, 1.54) is 0 Å². The molecule has 0 spiro atoms. The van der Waals surface area contributed by atoms with E-state index in [4.69, 9.17) is 16.3 Å². The predicted molar refractivity (Wildman–Crippen MR) is 82.2 cm³/mol. The van der Waals surface area contributed by atoms with Crippen molar-refractivity contribution in [3.05, 3.63) is 28.8 Å². The third-order valence-electron chi connectivity index (χ3n) is 3.08. The lowest BCUT2D eigenvalue weighted by molar-refractivity contribution is -0.127. The van der Waals surface area contributed by atoms with Gasteiger partial charge in [-0.3, -0.25) is 4.79 Å². The minimum Gasteiger partial charge on any atom is -0.479 e. The second-order valence-corrected chi connectivity index (χ2v) is 5.24. The number of ether oxygens (including phenoxy) is 1. The van der Waals surface area contributed by atoms with E-state index in [9.17, 15) is 4.79 Å². The Hall–Kier alpha value is -1.26. The largest absolute Gasteiger partial charge is 0.479 e. The molecule has 2 N–H and O–H groups in total. The molecular formula is C15H23ClN2O2. The van der Waals surface area contributed by atoms with Crippen LogP contribution in [0, 0.1) is 0 Å². The van der Waals surface area contributed by atoms with Crippen molar-refractivity contribution in [2.45, 2.75) is 45.9 Å². The number of amides is 1. The highest BCUT2D eigenvalue weighted by molar-refractivity contribution is 6.32. The zero-order chi connectivity index (χ0) is 15.1. The zero-order valence-corrected chi connectivity index (χ0v) is 13.3. The molecule has 0 aliphatic carbocycles. The van der Waals surface area contributed by atoms with E-state index >= 15 is 0 Å². The number of carbonyl (C=O) groups excluding carboxylic acids is 1. The highest BCUT2D eigenvalue weighted by Crippen LogP contribution is 2.29. The molecule has 0 aliphatic rings. The van der Waals surface area contributed by atoms with Crippen LogP contribution in [0.5, 0.6) is 5.75 Å². The van der Waals surface area contributed by atoms with Crippen LogP contribution in [0.3, 0.4) is 0 Å². The van der Waals surface area contributed by atoms with E-state index in [-0.39, 0.29) is 11.9 Å². The third kappa shape index (κ3) is 4.69. The second-order valence-electron chi connectivity index (χ2n) is 4.84. The number of rotatable bonds is 7. The maximum absolute atomic E-state index is 12.0. The van der Waals surface area contributed by atoms with Crippen molar-refractivity contribution in [2.24, 2.45) is 0 Å². The Morgan fingerprint density at radius 2 is 2.10 bits per heavy atom. The van der Waals surface area contributed by atoms with Crippen LogP contribution in [-0.2, 0) is 11.3 Å². The van der Waals surface area contributed by atoms with Gasteiger partial charge in [0.15, 0.2) is 6.10 Å². The molecule has 0 aliphatic heterocycles. The van der Waals surface area contributed by atoms with Gasteiger partial charge in [-0.2, -0.15) is 0 Å². The van der Waals surface area contributed by atoms with Gasteiger partial charge in [-0.25, -0.2) is 0 Å². The fraction of sp³-hybridized carbons (Fsp3) is 0.533. The predicted octanol–water partition coefficient (Wildman–Crippen LogP) is 2.74. The molecule has 1 amide bonds. The molecule has 5 heteroatoms. The van der Waals surface area contributed by atoms with E-state index in [1.54, 1.807) is 13.0 Å². The van der Waals surface area contributed by atoms with Crippen LogP contribution in [0.2, 0.25) is 5.02 Å². The van der Waals surface area contributed by atoms with Crippen molar-refractivity contribution in [2.75, 3.05) is 7.05 Å². The molecule has 1 aromatic carbocycles. The van der Waals surface area contributed by atoms with Crippen molar-refractivity contribution >= 4 is 17.5 Å². The topological polar surface area (TPSA) is 50.4 Å². The molecule has 0 saturated heterocycles. The first-order valence-corrected chi connectivity index (χ1v) is 7.26. The van der Waals surface area contributed by atoms with Gasteiger partial charge < -0.3 is 15.4 Å². The SMILES string of the molecule is CCC(C)NC(=O)C(C)Oc1c(Cl)cccc1CNC. The minimum atomic E-state index is -0.584. The first-order valence-electron chi connectivity index (χ1n) is 6.88. The van der Waals surface area contributed by atoms with Crippen molar-refractivity contribution in [3.63, 3.8) is 0 Å². The smallest absolute Gasteiger partial charge is 0.260 e. The number of halogens is 1. The van der Waals surface area contributed by atoms with Crippen molar-refractivity contribution in [1.82, 2.24) is 10.6 Å². The van der Waals surface area contributed by atoms with Gasteiger partial charge in [0.25, 0.3) is 5.91 Å². The second kappa shape index (κ2) is 8.12. The Bertz CT molecular complexity index is 451. The van der Waals surface area contributed by atoms with Gasteiger partial charge in [-0.05, 0) is 33.4 Å². The quantitative estimate of drug-likeness (QED) is 0.814. The molecular weight excluding hydrogens is 276 g/mol. The number of carbonyl (C=O) groups is 1. The zero-order valence-electron chi connectivity index (χ0n) is 12.5. The van der Waals surface area contributed by atoms with Crippen LogP contribution in [0.4, 0.5) is 0 Å². The number of hydrogen-bond acceptors (Lipinski definition) is 3. The Morgan fingerprint density at radius 1 is 1.40 bits per heavy atom. The lowest BCUT2D eigenvalue weighted by atomic mass is 10.2. The fourth-order valence-corrected chi connectivity index (χ4v) is 1.95. The minimum absolute atomic E-state index is 0.130. The summed E-state index contributed by atoms with van der Waals surface area (Å²) in [7, 11) is 1.85. The maximum Gasteiger partial charge on any atom is 0.260 e. The van der Waals surface area contributed by atoms with E-state index < -0.39 is 6.10 Å². The summed E-state index contributed by atoms with van der Waals surface area (Å²) in [6, 6.07) is 5.69. The van der Waals surface area contributed by atoms with Crippen molar-refractivity contribution in [1.29, 1.82) is 0 Å². The number of hydrogen-bond donors (Lipinski definition) is 2. The molecule has 0 aromatic heterocycles. The molecule has 112 valence electrons. The summed E-state index contributed by atoms with van der Waals surface area (Å²) < 4.78 is 5.75. The summed E-state index contributed by atoms with van der Waals surface area (Å²) in [5, 5.41) is 6.47. The summed E-state index contributed by atoms with van der Waals surface area (Å²) in [5.74, 6) is 0.435. The van der Waals surface area contributed by atoms with E-state index in [0.717, 1.165) is 12.0 Å². The Morgan fingerprint density at radius 3 is 2.70 bits per heavy atom. The Kier molecular flexibility index (Phi) is 6.82. The first-order chi connectivity index (χ1) is 9.49. The van der Waals surface area contributed by atoms with Gasteiger partial charge in [0.05, 0.1) is 5.02 Å². The molecule has 0 bridgehead atoms. The fourth-order valence-electron chi connectivity index (χ4n) is 1.71. The average molecular weight is 299 g/mol. The molecule has 0 fully saturated rings. The molecule has 0 radical (unpaired) electrons. The number of benzene rings is 1. The molecule has 4 nitrogen and oxygen atoms in total. The average Bonchev–Trinajstić information content (AvgIpc) is 2.42. The molecule has 2 unspecified atom stereocenters. The van der Waals surface area contributed by atoms with Gasteiger partial charge in [0.2, 0.25) is 0 Å². The molecule has 0 heterocycles. The van der Waals surface area contributed by atoms with Crippen molar-refractivity contribution < 1.29 is 9.53 Å². The lowest BCUT2D eigenvalue weighted by Crippen LogP contribution is -2.41. The normalized spacial score (nSPS) is 13.7. The van der Waals surface area contributed by atoms with Gasteiger partial charge in [0.1, 0.15) is 5.75 Å². The molecule has 2 atom stereocenters. The number of para-hydroxylation sites is 1. The molecule has 1 rings (SSSR count). The first kappa shape index (κ1) is 16.8. The van der Waals surface area contributed by atoms with E-state index in [0.29, 0.717) is 17.3 Å². The van der Waals surface area contributed by atoms with Crippen molar-refractivity contribution in [3.8, 4) is 5.75 Å². The third-order valence-corrected chi connectivity index (χ3v) is 3.38. The van der Waals surface area contributed by atoms with Gasteiger partial charge in [-0.1, -0.05) is 30.7 Å². The van der Waals surface area contributed by atoms with E-state index in [1.807, 2.05) is 33.0 Å². The van der Waals surface area contributed by atoms with Gasteiger partial charge in [0, 0.05) is 18.2 Å². The monoisotopic (exact) mass is 298 g/mol. The van der Waals surface area contributed by atoms with Gasteiger partial charge in [-0.15, -0.1) is 0 Å². The summed E-state index contributed by atoms with van der Waals surface area (Å²) in [6.45, 7) is 6.35. The van der Waals surface area contributed by atoms with Crippen LogP contribution in [-0.4, -0.2) is 25.1 Å². The Balaban J connectivity index is 2.79. The van der Waals surface area contributed by atoms with E-state index in [2.05, 4.69) is 10.6 Å². The lowest BCUT2D eigenvalue weighted by Gasteiger charge is -2.20. The molecule has 1 aromatic rings. The van der Waals surface area contributed by atoms with Crippen LogP contribution < -0.4 is 15.4 Å². The maximum atomic E-state index is 12.0. The summed E-state index contributed by atoms with van der Waals surface area (Å²) in [6.07, 6.45) is 0.301. The Labute approximate surface area is 125 Å². The summed E-state index contributed by atoms with van der Waals surface area (Å²) >= 11 is 6.16. The van der Waals surface area contributed by atoms with Crippen LogP contribution in [0.15, 0.2) is 18.2 Å². The highest BCUT2D eigenvalue weighted by atomic mass is 35.5. The standard InChI is InChI=1S/C15H23ClN2O2/c1-5-10(2)18-15(19)11(3)20-14-12(9-17-4)7-6-8-13(14)16/h6-8,10-11,17H,5,9H2,1-4H3,(H,18,19). The molecule has 20 heavy (non-hydrogen) atoms. The summed E-state index contributed by atoms with van der Waals surface area (Å²) in [4.78, 5) is 12.0. The van der Waals surface area contributed by atoms with Crippen LogP contribution in [0.25, 0.3) is 0 Å². The summed E-state index contributed by atoms with van der Waals surface area (Å²) in [5.41, 5.74) is 0.934. The highest BCUT2D eigenvalue weighted by Gasteiger charge is 2.19. The number of nitrogens with one attached hydrogen (secondary N) is 2. The van der Waals surface area contributed by atoms with Crippen LogP contribution in [0.1, 0.15) is 32.8 Å². The van der Waals surface area contributed by atoms with Gasteiger partial charge >= 0.3 is 0 Å². The van der Waals surface area contributed by atoms with Crippen LogP contribution >= 0.6 is 11.6 Å².